The zero-order chi connectivity index (χ0) is 15.0. The van der Waals surface area contributed by atoms with Crippen LogP contribution in [0.15, 0.2) is 30.5 Å². The van der Waals surface area contributed by atoms with Gasteiger partial charge in [-0.3, -0.25) is 14.7 Å². The fourth-order valence-corrected chi connectivity index (χ4v) is 3.04. The topological polar surface area (TPSA) is 53.4 Å². The van der Waals surface area contributed by atoms with Gasteiger partial charge in [0.1, 0.15) is 11.4 Å². The summed E-state index contributed by atoms with van der Waals surface area (Å²) < 4.78 is 13.8. The molecule has 5 heteroatoms. The monoisotopic (exact) mass is 288 g/mol. The van der Waals surface area contributed by atoms with Gasteiger partial charge in [0.15, 0.2) is 0 Å². The largest absolute Gasteiger partial charge is 0.480 e. The third-order valence-corrected chi connectivity index (χ3v) is 4.41. The molecule has 2 heterocycles. The molecule has 3 rings (SSSR count). The zero-order valence-corrected chi connectivity index (χ0v) is 11.8. The minimum absolute atomic E-state index is 0.302. The molecular formula is C16H17FN2O2. The van der Waals surface area contributed by atoms with Crippen molar-refractivity contribution in [1.82, 2.24) is 9.88 Å². The van der Waals surface area contributed by atoms with E-state index in [2.05, 4.69) is 4.98 Å². The van der Waals surface area contributed by atoms with Crippen molar-refractivity contribution in [2.24, 2.45) is 0 Å². The van der Waals surface area contributed by atoms with Crippen molar-refractivity contribution in [3.05, 3.63) is 41.8 Å². The number of hydrogen-bond acceptors (Lipinski definition) is 3. The highest BCUT2D eigenvalue weighted by atomic mass is 19.1. The third-order valence-electron chi connectivity index (χ3n) is 4.41. The summed E-state index contributed by atoms with van der Waals surface area (Å²) >= 11 is 0. The van der Waals surface area contributed by atoms with E-state index in [1.165, 1.54) is 6.07 Å². The SMILES string of the molecule is CC1(C(=O)O)CCCN1Cc1ccc(F)c2cccnc12. The fourth-order valence-electron chi connectivity index (χ4n) is 3.04. The Labute approximate surface area is 122 Å². The lowest BCUT2D eigenvalue weighted by molar-refractivity contribution is -0.148. The van der Waals surface area contributed by atoms with E-state index in [4.69, 9.17) is 0 Å². The Morgan fingerprint density at radius 2 is 2.29 bits per heavy atom. The molecule has 1 N–H and O–H groups in total. The third kappa shape index (κ3) is 2.27. The van der Waals surface area contributed by atoms with Crippen LogP contribution in [0.4, 0.5) is 4.39 Å². The molecule has 0 amide bonds. The van der Waals surface area contributed by atoms with Gasteiger partial charge in [0.05, 0.1) is 5.52 Å². The van der Waals surface area contributed by atoms with Crippen molar-refractivity contribution in [2.75, 3.05) is 6.54 Å². The van der Waals surface area contributed by atoms with E-state index < -0.39 is 11.5 Å². The molecule has 1 aliphatic rings. The van der Waals surface area contributed by atoms with Crippen LogP contribution in [0.3, 0.4) is 0 Å². The average molecular weight is 288 g/mol. The number of nitrogens with zero attached hydrogens (tertiary/aromatic N) is 2. The van der Waals surface area contributed by atoms with Gasteiger partial charge in [-0.2, -0.15) is 0 Å². The number of rotatable bonds is 3. The van der Waals surface area contributed by atoms with Gasteiger partial charge in [-0.1, -0.05) is 6.07 Å². The van der Waals surface area contributed by atoms with Crippen LogP contribution in [0.25, 0.3) is 10.9 Å². The molecule has 1 atom stereocenters. The summed E-state index contributed by atoms with van der Waals surface area (Å²) in [5, 5.41) is 9.94. The van der Waals surface area contributed by atoms with Crippen molar-refractivity contribution in [3.63, 3.8) is 0 Å². The molecule has 1 fully saturated rings. The molecule has 0 radical (unpaired) electrons. The Morgan fingerprint density at radius 1 is 1.48 bits per heavy atom. The average Bonchev–Trinajstić information content (AvgIpc) is 2.85. The predicted molar refractivity (Wildman–Crippen MR) is 77.4 cm³/mol. The van der Waals surface area contributed by atoms with Gasteiger partial charge in [-0.05, 0) is 50.1 Å². The molecule has 1 saturated heterocycles. The van der Waals surface area contributed by atoms with E-state index >= 15 is 0 Å². The molecule has 110 valence electrons. The molecule has 0 saturated carbocycles. The standard InChI is InChI=1S/C16H17FN2O2/c1-16(15(20)21)7-3-9-19(16)10-11-5-6-13(17)12-4-2-8-18-14(11)12/h2,4-6,8H,3,7,9-10H2,1H3,(H,20,21). The molecule has 1 aliphatic heterocycles. The van der Waals surface area contributed by atoms with Gasteiger partial charge in [0, 0.05) is 18.1 Å². The number of hydrogen-bond donors (Lipinski definition) is 1. The first kappa shape index (κ1) is 13.9. The molecule has 1 unspecified atom stereocenters. The second kappa shape index (κ2) is 5.07. The summed E-state index contributed by atoms with van der Waals surface area (Å²) in [5.74, 6) is -1.11. The maximum Gasteiger partial charge on any atom is 0.323 e. The number of fused-ring (bicyclic) bond motifs is 1. The van der Waals surface area contributed by atoms with Crippen LogP contribution >= 0.6 is 0 Å². The predicted octanol–water partition coefficient (Wildman–Crippen LogP) is 2.81. The quantitative estimate of drug-likeness (QED) is 0.943. The lowest BCUT2D eigenvalue weighted by Gasteiger charge is -2.31. The number of carboxylic acid groups (broad SMARTS) is 1. The van der Waals surface area contributed by atoms with Gasteiger partial charge in [0.2, 0.25) is 0 Å². The summed E-state index contributed by atoms with van der Waals surface area (Å²) in [5.41, 5.74) is 0.619. The molecule has 4 nitrogen and oxygen atoms in total. The number of likely N-dealkylation sites (tertiary alicyclic amines) is 1. The first-order valence-electron chi connectivity index (χ1n) is 7.03. The van der Waals surface area contributed by atoms with E-state index in [1.807, 2.05) is 4.90 Å². The van der Waals surface area contributed by atoms with Gasteiger partial charge >= 0.3 is 5.97 Å². The molecule has 0 spiro atoms. The fraction of sp³-hybridized carbons (Fsp3) is 0.375. The molecule has 2 aromatic rings. The molecular weight excluding hydrogens is 271 g/mol. The first-order valence-corrected chi connectivity index (χ1v) is 7.03. The Morgan fingerprint density at radius 3 is 3.05 bits per heavy atom. The highest BCUT2D eigenvalue weighted by Gasteiger charge is 2.43. The molecule has 1 aromatic heterocycles. The number of aliphatic carboxylic acids is 1. The van der Waals surface area contributed by atoms with Crippen LogP contribution in [0.5, 0.6) is 0 Å². The van der Waals surface area contributed by atoms with Crippen LogP contribution in [0.2, 0.25) is 0 Å². The lowest BCUT2D eigenvalue weighted by atomic mass is 9.98. The summed E-state index contributed by atoms with van der Waals surface area (Å²) in [6.07, 6.45) is 3.12. The highest BCUT2D eigenvalue weighted by Crippen LogP contribution is 2.32. The van der Waals surface area contributed by atoms with E-state index in [0.29, 0.717) is 23.9 Å². The van der Waals surface area contributed by atoms with Crippen molar-refractivity contribution < 1.29 is 14.3 Å². The second-order valence-electron chi connectivity index (χ2n) is 5.71. The smallest absolute Gasteiger partial charge is 0.323 e. The van der Waals surface area contributed by atoms with Gasteiger partial charge in [-0.15, -0.1) is 0 Å². The van der Waals surface area contributed by atoms with Crippen LogP contribution < -0.4 is 0 Å². The van der Waals surface area contributed by atoms with E-state index in [0.717, 1.165) is 18.5 Å². The van der Waals surface area contributed by atoms with E-state index in [9.17, 15) is 14.3 Å². The maximum atomic E-state index is 13.8. The summed E-state index contributed by atoms with van der Waals surface area (Å²) in [7, 11) is 0. The van der Waals surface area contributed by atoms with Crippen LogP contribution in [-0.2, 0) is 11.3 Å². The number of carbonyl (C=O) groups is 1. The second-order valence-corrected chi connectivity index (χ2v) is 5.71. The number of carboxylic acids is 1. The van der Waals surface area contributed by atoms with Crippen LogP contribution in [0.1, 0.15) is 25.3 Å². The minimum atomic E-state index is -0.852. The van der Waals surface area contributed by atoms with E-state index in [1.54, 1.807) is 31.3 Å². The van der Waals surface area contributed by atoms with Crippen molar-refractivity contribution in [1.29, 1.82) is 0 Å². The maximum absolute atomic E-state index is 13.8. The van der Waals surface area contributed by atoms with Gasteiger partial charge in [-0.25, -0.2) is 4.39 Å². The number of halogens is 1. The number of pyridine rings is 1. The Balaban J connectivity index is 1.99. The first-order chi connectivity index (χ1) is 10.0. The van der Waals surface area contributed by atoms with Gasteiger partial charge in [0.25, 0.3) is 0 Å². The highest BCUT2D eigenvalue weighted by molar-refractivity contribution is 5.82. The molecule has 0 bridgehead atoms. The van der Waals surface area contributed by atoms with Crippen molar-refractivity contribution in [3.8, 4) is 0 Å². The van der Waals surface area contributed by atoms with Crippen molar-refractivity contribution in [2.45, 2.75) is 31.8 Å². The number of aromatic nitrogens is 1. The van der Waals surface area contributed by atoms with Crippen molar-refractivity contribution >= 4 is 16.9 Å². The van der Waals surface area contributed by atoms with Gasteiger partial charge < -0.3 is 5.11 Å². The van der Waals surface area contributed by atoms with E-state index in [-0.39, 0.29) is 5.82 Å². The number of benzene rings is 1. The summed E-state index contributed by atoms with van der Waals surface area (Å²) in [6, 6.07) is 6.52. The van der Waals surface area contributed by atoms with Crippen LogP contribution in [0, 0.1) is 5.82 Å². The summed E-state index contributed by atoms with van der Waals surface area (Å²) in [6.45, 7) is 2.95. The minimum Gasteiger partial charge on any atom is -0.480 e. The molecule has 1 aromatic carbocycles. The molecule has 0 aliphatic carbocycles. The normalized spacial score (nSPS) is 22.8. The summed E-state index contributed by atoms with van der Waals surface area (Å²) in [4.78, 5) is 17.7. The Hall–Kier alpha value is -2.01. The Kier molecular flexibility index (Phi) is 3.37. The van der Waals surface area contributed by atoms with Crippen LogP contribution in [-0.4, -0.2) is 33.0 Å². The Bertz CT molecular complexity index is 704. The molecule has 21 heavy (non-hydrogen) atoms. The zero-order valence-electron chi connectivity index (χ0n) is 11.8. The lowest BCUT2D eigenvalue weighted by Crippen LogP contribution is -2.47.